The van der Waals surface area contributed by atoms with Crippen LogP contribution in [0.3, 0.4) is 0 Å². The van der Waals surface area contributed by atoms with Crippen molar-refractivity contribution in [3.05, 3.63) is 63.7 Å². The van der Waals surface area contributed by atoms with E-state index in [1.54, 1.807) is 24.3 Å². The Balaban J connectivity index is 1.81. The maximum atomic E-state index is 12.9. The monoisotopic (exact) mass is 371 g/mol. The second-order valence-electron chi connectivity index (χ2n) is 6.51. The van der Waals surface area contributed by atoms with Gasteiger partial charge in [-0.1, -0.05) is 49.6 Å². The van der Waals surface area contributed by atoms with Gasteiger partial charge in [-0.3, -0.25) is 14.5 Å². The maximum absolute atomic E-state index is 12.9. The Labute approximate surface area is 158 Å². The van der Waals surface area contributed by atoms with Gasteiger partial charge in [0.05, 0.1) is 24.3 Å². The third kappa shape index (κ3) is 3.61. The summed E-state index contributed by atoms with van der Waals surface area (Å²) in [6, 6.07) is 10.7. The largest absolute Gasteiger partial charge is 0.493 e. The first-order chi connectivity index (χ1) is 12.5. The van der Waals surface area contributed by atoms with Crippen LogP contribution in [0.1, 0.15) is 58.0 Å². The van der Waals surface area contributed by atoms with Crippen molar-refractivity contribution in [1.29, 1.82) is 0 Å². The van der Waals surface area contributed by atoms with E-state index in [2.05, 4.69) is 6.92 Å². The lowest BCUT2D eigenvalue weighted by Gasteiger charge is -2.15. The summed E-state index contributed by atoms with van der Waals surface area (Å²) in [5.74, 6) is -0.0907. The van der Waals surface area contributed by atoms with Crippen LogP contribution >= 0.6 is 11.6 Å². The summed E-state index contributed by atoms with van der Waals surface area (Å²) in [4.78, 5) is 26.9. The summed E-state index contributed by atoms with van der Waals surface area (Å²) >= 11 is 6.06. The Morgan fingerprint density at radius 1 is 1.08 bits per heavy atom. The molecule has 1 aliphatic rings. The second kappa shape index (κ2) is 7.92. The van der Waals surface area contributed by atoms with Crippen LogP contribution in [0.15, 0.2) is 36.4 Å². The highest BCUT2D eigenvalue weighted by molar-refractivity contribution is 6.31. The molecule has 2 aromatic carbocycles. The molecule has 3 rings (SSSR count). The number of carbonyl (C=O) groups is 2. The number of nitrogens with zero attached hydrogens (tertiary/aromatic N) is 1. The van der Waals surface area contributed by atoms with Crippen molar-refractivity contribution < 1.29 is 14.3 Å². The number of hydrogen-bond acceptors (Lipinski definition) is 3. The van der Waals surface area contributed by atoms with Gasteiger partial charge in [-0.2, -0.15) is 0 Å². The highest BCUT2D eigenvalue weighted by atomic mass is 35.5. The Hall–Kier alpha value is -2.33. The average molecular weight is 372 g/mol. The molecule has 0 atom stereocenters. The van der Waals surface area contributed by atoms with Gasteiger partial charge in [0, 0.05) is 5.02 Å². The zero-order valence-corrected chi connectivity index (χ0v) is 15.8. The standard InChI is InChI=1S/C21H22ClNO3/c1-3-4-5-11-26-18-8-6-7-16-19(18)21(25)23(20(16)24)13-15-9-10-17(22)14(2)12-15/h6-10,12H,3-5,11,13H2,1-2H3. The highest BCUT2D eigenvalue weighted by Gasteiger charge is 2.38. The van der Waals surface area contributed by atoms with Crippen LogP contribution in [0.5, 0.6) is 5.75 Å². The van der Waals surface area contributed by atoms with Gasteiger partial charge in [-0.15, -0.1) is 0 Å². The van der Waals surface area contributed by atoms with Crippen LogP contribution < -0.4 is 4.74 Å². The van der Waals surface area contributed by atoms with Crippen LogP contribution in [-0.4, -0.2) is 23.3 Å². The molecular formula is C21H22ClNO3. The zero-order chi connectivity index (χ0) is 18.7. The predicted molar refractivity (Wildman–Crippen MR) is 102 cm³/mol. The molecule has 0 radical (unpaired) electrons. The minimum atomic E-state index is -0.302. The Kier molecular flexibility index (Phi) is 5.62. The Bertz CT molecular complexity index is 847. The molecule has 0 saturated carbocycles. The SMILES string of the molecule is CCCCCOc1cccc2c1C(=O)N(Cc1ccc(Cl)c(C)c1)C2=O. The number of fused-ring (bicyclic) bond motifs is 1. The first-order valence-electron chi connectivity index (χ1n) is 8.90. The van der Waals surface area contributed by atoms with E-state index >= 15 is 0 Å². The van der Waals surface area contributed by atoms with Crippen molar-refractivity contribution in [3.8, 4) is 5.75 Å². The lowest BCUT2D eigenvalue weighted by atomic mass is 10.1. The molecule has 0 saturated heterocycles. The minimum Gasteiger partial charge on any atom is -0.493 e. The number of imide groups is 1. The van der Waals surface area contributed by atoms with Crippen LogP contribution in [0, 0.1) is 6.92 Å². The van der Waals surface area contributed by atoms with E-state index in [-0.39, 0.29) is 18.4 Å². The fraction of sp³-hybridized carbons (Fsp3) is 0.333. The van der Waals surface area contributed by atoms with Crippen molar-refractivity contribution in [2.24, 2.45) is 0 Å². The summed E-state index contributed by atoms with van der Waals surface area (Å²) in [7, 11) is 0. The highest BCUT2D eigenvalue weighted by Crippen LogP contribution is 2.32. The first-order valence-corrected chi connectivity index (χ1v) is 9.27. The molecule has 0 aromatic heterocycles. The van der Waals surface area contributed by atoms with Crippen molar-refractivity contribution in [2.75, 3.05) is 6.61 Å². The van der Waals surface area contributed by atoms with Crippen LogP contribution in [0.25, 0.3) is 0 Å². The van der Waals surface area contributed by atoms with Crippen molar-refractivity contribution in [1.82, 2.24) is 4.90 Å². The van der Waals surface area contributed by atoms with E-state index in [4.69, 9.17) is 16.3 Å². The maximum Gasteiger partial charge on any atom is 0.265 e. The molecule has 136 valence electrons. The predicted octanol–water partition coefficient (Wildman–Crippen LogP) is 5.01. The van der Waals surface area contributed by atoms with Gasteiger partial charge in [-0.05, 0) is 42.7 Å². The normalized spacial score (nSPS) is 13.3. The minimum absolute atomic E-state index is 0.222. The van der Waals surface area contributed by atoms with Gasteiger partial charge in [-0.25, -0.2) is 0 Å². The number of hydrogen-bond donors (Lipinski definition) is 0. The molecule has 0 aliphatic carbocycles. The molecule has 4 nitrogen and oxygen atoms in total. The van der Waals surface area contributed by atoms with Crippen molar-refractivity contribution in [2.45, 2.75) is 39.7 Å². The molecular weight excluding hydrogens is 350 g/mol. The van der Waals surface area contributed by atoms with Crippen LogP contribution in [-0.2, 0) is 6.54 Å². The molecule has 0 fully saturated rings. The number of unbranched alkanes of at least 4 members (excludes halogenated alkanes) is 2. The summed E-state index contributed by atoms with van der Waals surface area (Å²) in [6.07, 6.45) is 3.10. The number of benzene rings is 2. The Morgan fingerprint density at radius 3 is 2.62 bits per heavy atom. The van der Waals surface area contributed by atoms with Gasteiger partial charge >= 0.3 is 0 Å². The molecule has 0 spiro atoms. The third-order valence-corrected chi connectivity index (χ3v) is 4.95. The lowest BCUT2D eigenvalue weighted by Crippen LogP contribution is -2.29. The summed E-state index contributed by atoms with van der Waals surface area (Å²) < 4.78 is 5.79. The summed E-state index contributed by atoms with van der Waals surface area (Å²) in [5, 5.41) is 0.666. The molecule has 2 amide bonds. The molecule has 2 aromatic rings. The number of amides is 2. The van der Waals surface area contributed by atoms with E-state index in [1.165, 1.54) is 4.90 Å². The van der Waals surface area contributed by atoms with Crippen molar-refractivity contribution >= 4 is 23.4 Å². The lowest BCUT2D eigenvalue weighted by molar-refractivity contribution is 0.0641. The van der Waals surface area contributed by atoms with Gasteiger partial charge in [0.15, 0.2) is 0 Å². The summed E-state index contributed by atoms with van der Waals surface area (Å²) in [5.41, 5.74) is 2.57. The number of carbonyl (C=O) groups excluding carboxylic acids is 2. The smallest absolute Gasteiger partial charge is 0.265 e. The topological polar surface area (TPSA) is 46.6 Å². The number of aryl methyl sites for hydroxylation is 1. The molecule has 5 heteroatoms. The van der Waals surface area contributed by atoms with Crippen molar-refractivity contribution in [3.63, 3.8) is 0 Å². The molecule has 1 aliphatic heterocycles. The Morgan fingerprint density at radius 2 is 1.88 bits per heavy atom. The second-order valence-corrected chi connectivity index (χ2v) is 6.92. The average Bonchev–Trinajstić information content (AvgIpc) is 2.87. The van der Waals surface area contributed by atoms with Crippen LogP contribution in [0.2, 0.25) is 5.02 Å². The molecule has 0 bridgehead atoms. The van der Waals surface area contributed by atoms with Gasteiger partial charge in [0.2, 0.25) is 0 Å². The molecule has 0 N–H and O–H groups in total. The zero-order valence-electron chi connectivity index (χ0n) is 15.0. The fourth-order valence-electron chi connectivity index (χ4n) is 3.09. The van der Waals surface area contributed by atoms with E-state index in [1.807, 2.05) is 19.1 Å². The van der Waals surface area contributed by atoms with Gasteiger partial charge < -0.3 is 4.74 Å². The molecule has 1 heterocycles. The number of rotatable bonds is 7. The summed E-state index contributed by atoms with van der Waals surface area (Å²) in [6.45, 7) is 4.79. The molecule has 26 heavy (non-hydrogen) atoms. The van der Waals surface area contributed by atoms with Gasteiger partial charge in [0.1, 0.15) is 5.75 Å². The quantitative estimate of drug-likeness (QED) is 0.507. The number of halogens is 1. The third-order valence-electron chi connectivity index (χ3n) is 4.53. The fourth-order valence-corrected chi connectivity index (χ4v) is 3.21. The first kappa shape index (κ1) is 18.5. The van der Waals surface area contributed by atoms with E-state index in [9.17, 15) is 9.59 Å². The number of ether oxygens (including phenoxy) is 1. The van der Waals surface area contributed by atoms with E-state index in [0.29, 0.717) is 28.5 Å². The van der Waals surface area contributed by atoms with E-state index in [0.717, 1.165) is 30.4 Å². The molecule has 0 unspecified atom stereocenters. The van der Waals surface area contributed by atoms with Gasteiger partial charge in [0.25, 0.3) is 11.8 Å². The van der Waals surface area contributed by atoms with E-state index < -0.39 is 0 Å². The van der Waals surface area contributed by atoms with Crippen LogP contribution in [0.4, 0.5) is 0 Å².